The number of likely N-dealkylation sites (tertiary alicyclic amines) is 1. The molecule has 1 fully saturated rings. The van der Waals surface area contributed by atoms with Gasteiger partial charge in [-0.3, -0.25) is 9.69 Å². The minimum Gasteiger partial charge on any atom is -0.508 e. The largest absolute Gasteiger partial charge is 0.508 e. The first kappa shape index (κ1) is 16.3. The van der Waals surface area contributed by atoms with Crippen LogP contribution in [0.2, 0.25) is 0 Å². The lowest BCUT2D eigenvalue weighted by Gasteiger charge is -2.55. The van der Waals surface area contributed by atoms with Crippen LogP contribution in [-0.2, 0) is 16.6 Å². The first-order chi connectivity index (χ1) is 11.0. The van der Waals surface area contributed by atoms with Crippen LogP contribution >= 0.6 is 0 Å². The highest BCUT2D eigenvalue weighted by Gasteiger charge is 2.52. The molecule has 1 aliphatic heterocycles. The average molecular weight is 313 g/mol. The molecule has 3 nitrogen and oxygen atoms in total. The van der Waals surface area contributed by atoms with Crippen molar-refractivity contribution < 1.29 is 9.90 Å². The molecule has 1 N–H and O–H groups in total. The van der Waals surface area contributed by atoms with Crippen molar-refractivity contribution in [2.75, 3.05) is 13.1 Å². The van der Waals surface area contributed by atoms with E-state index in [1.807, 2.05) is 19.1 Å². The number of carbonyl (C=O) groups excluding carboxylic acids is 1. The van der Waals surface area contributed by atoms with E-state index in [4.69, 9.17) is 0 Å². The maximum absolute atomic E-state index is 12.3. The van der Waals surface area contributed by atoms with Gasteiger partial charge in [0.05, 0.1) is 0 Å². The summed E-state index contributed by atoms with van der Waals surface area (Å²) in [6.45, 7) is 9.94. The van der Waals surface area contributed by atoms with Crippen molar-refractivity contribution in [3.05, 3.63) is 42.0 Å². The predicted octanol–water partition coefficient (Wildman–Crippen LogP) is 3.45. The van der Waals surface area contributed by atoms with Crippen molar-refractivity contribution in [3.63, 3.8) is 0 Å². The molecule has 0 spiro atoms. The van der Waals surface area contributed by atoms with Crippen molar-refractivity contribution in [3.8, 4) is 5.75 Å². The molecule has 3 heteroatoms. The Morgan fingerprint density at radius 2 is 2.30 bits per heavy atom. The van der Waals surface area contributed by atoms with E-state index in [1.165, 1.54) is 5.56 Å². The van der Waals surface area contributed by atoms with E-state index < -0.39 is 0 Å². The lowest BCUT2D eigenvalue weighted by atomic mass is 9.55. The normalized spacial score (nSPS) is 29.8. The summed E-state index contributed by atoms with van der Waals surface area (Å²) in [5.41, 5.74) is 2.04. The molecule has 3 rings (SSSR count). The van der Waals surface area contributed by atoms with Gasteiger partial charge < -0.3 is 5.11 Å². The van der Waals surface area contributed by atoms with Gasteiger partial charge in [0, 0.05) is 36.4 Å². The molecule has 0 amide bonds. The van der Waals surface area contributed by atoms with Gasteiger partial charge in [-0.15, -0.1) is 6.58 Å². The minimum absolute atomic E-state index is 0.214. The SMILES string of the molecule is C=CCN1CCC2(CC(=O)CC)c3c(O)cccc3CC1C2C. The number of phenolic OH excluding ortho intramolecular Hbond substituents is 1. The highest BCUT2D eigenvalue weighted by Crippen LogP contribution is 2.53. The maximum Gasteiger partial charge on any atom is 0.133 e. The number of nitrogens with zero attached hydrogens (tertiary/aromatic N) is 1. The molecule has 1 aromatic rings. The quantitative estimate of drug-likeness (QED) is 0.846. The molecule has 1 aliphatic carbocycles. The zero-order chi connectivity index (χ0) is 16.6. The molecule has 1 saturated heterocycles. The van der Waals surface area contributed by atoms with Crippen LogP contribution in [0.5, 0.6) is 5.75 Å². The molecule has 0 aromatic heterocycles. The number of rotatable bonds is 5. The van der Waals surface area contributed by atoms with Crippen LogP contribution in [0.3, 0.4) is 0 Å². The highest BCUT2D eigenvalue weighted by atomic mass is 16.3. The number of phenols is 1. The van der Waals surface area contributed by atoms with Crippen molar-refractivity contribution >= 4 is 5.78 Å². The fourth-order valence-corrected chi connectivity index (χ4v) is 4.84. The first-order valence-electron chi connectivity index (χ1n) is 8.71. The molecule has 3 unspecified atom stereocenters. The molecule has 2 aliphatic rings. The summed E-state index contributed by atoms with van der Waals surface area (Å²) in [7, 11) is 0. The van der Waals surface area contributed by atoms with E-state index in [9.17, 15) is 9.90 Å². The number of piperidine rings is 1. The monoisotopic (exact) mass is 313 g/mol. The molecule has 0 saturated carbocycles. The average Bonchev–Trinajstić information content (AvgIpc) is 2.52. The van der Waals surface area contributed by atoms with Crippen LogP contribution in [0.25, 0.3) is 0 Å². The number of fused-ring (bicyclic) bond motifs is 4. The van der Waals surface area contributed by atoms with Gasteiger partial charge in [-0.1, -0.05) is 32.1 Å². The summed E-state index contributed by atoms with van der Waals surface area (Å²) < 4.78 is 0. The van der Waals surface area contributed by atoms with Crippen LogP contribution in [0.15, 0.2) is 30.9 Å². The number of hydrogen-bond acceptors (Lipinski definition) is 3. The van der Waals surface area contributed by atoms with Crippen LogP contribution in [0.1, 0.15) is 44.2 Å². The fourth-order valence-electron chi connectivity index (χ4n) is 4.84. The van der Waals surface area contributed by atoms with Gasteiger partial charge in [-0.05, 0) is 36.9 Å². The third-order valence-electron chi connectivity index (χ3n) is 6.09. The van der Waals surface area contributed by atoms with E-state index >= 15 is 0 Å². The molecule has 1 heterocycles. The summed E-state index contributed by atoms with van der Waals surface area (Å²) >= 11 is 0. The molecular weight excluding hydrogens is 286 g/mol. The van der Waals surface area contributed by atoms with Gasteiger partial charge >= 0.3 is 0 Å². The Balaban J connectivity index is 2.11. The second kappa shape index (κ2) is 6.12. The van der Waals surface area contributed by atoms with Crippen molar-refractivity contribution in [2.45, 2.75) is 51.0 Å². The number of aromatic hydroxyl groups is 1. The lowest BCUT2D eigenvalue weighted by Crippen LogP contribution is -2.59. The number of benzene rings is 1. The zero-order valence-corrected chi connectivity index (χ0v) is 14.2. The molecule has 23 heavy (non-hydrogen) atoms. The van der Waals surface area contributed by atoms with Gasteiger partial charge in [0.15, 0.2) is 0 Å². The predicted molar refractivity (Wildman–Crippen MR) is 92.7 cm³/mol. The lowest BCUT2D eigenvalue weighted by molar-refractivity contribution is -0.122. The van der Waals surface area contributed by atoms with Crippen LogP contribution in [-0.4, -0.2) is 34.9 Å². The smallest absolute Gasteiger partial charge is 0.133 e. The minimum atomic E-state index is -0.214. The van der Waals surface area contributed by atoms with Gasteiger partial charge in [-0.25, -0.2) is 0 Å². The molecule has 0 radical (unpaired) electrons. The molecule has 1 aromatic carbocycles. The molecule has 2 bridgehead atoms. The molecular formula is C20H27NO2. The Hall–Kier alpha value is -1.61. The van der Waals surface area contributed by atoms with E-state index in [1.54, 1.807) is 6.07 Å². The van der Waals surface area contributed by atoms with E-state index in [0.717, 1.165) is 31.5 Å². The van der Waals surface area contributed by atoms with Gasteiger partial charge in [0.2, 0.25) is 0 Å². The Labute approximate surface area is 139 Å². The number of Topliss-reactive ketones (excluding diaryl/α,β-unsaturated/α-hetero) is 1. The Bertz CT molecular complexity index is 624. The van der Waals surface area contributed by atoms with E-state index in [0.29, 0.717) is 36.3 Å². The van der Waals surface area contributed by atoms with Crippen LogP contribution < -0.4 is 0 Å². The Morgan fingerprint density at radius 3 is 3.00 bits per heavy atom. The van der Waals surface area contributed by atoms with Crippen molar-refractivity contribution in [1.82, 2.24) is 4.90 Å². The third-order valence-corrected chi connectivity index (χ3v) is 6.09. The number of ketones is 1. The van der Waals surface area contributed by atoms with E-state index in [2.05, 4.69) is 24.5 Å². The van der Waals surface area contributed by atoms with Gasteiger partial charge in [-0.2, -0.15) is 0 Å². The summed E-state index contributed by atoms with van der Waals surface area (Å²) in [4.78, 5) is 14.8. The summed E-state index contributed by atoms with van der Waals surface area (Å²) in [5.74, 6) is 1.02. The Morgan fingerprint density at radius 1 is 1.52 bits per heavy atom. The van der Waals surface area contributed by atoms with Gasteiger partial charge in [0.1, 0.15) is 11.5 Å². The number of carbonyl (C=O) groups is 1. The number of hydrogen-bond donors (Lipinski definition) is 1. The third kappa shape index (κ3) is 2.51. The highest BCUT2D eigenvalue weighted by molar-refractivity contribution is 5.80. The van der Waals surface area contributed by atoms with Crippen LogP contribution in [0, 0.1) is 5.92 Å². The fraction of sp³-hybridized carbons (Fsp3) is 0.550. The van der Waals surface area contributed by atoms with Crippen molar-refractivity contribution in [1.29, 1.82) is 0 Å². The summed E-state index contributed by atoms with van der Waals surface area (Å²) in [5, 5.41) is 10.6. The maximum atomic E-state index is 12.3. The summed E-state index contributed by atoms with van der Waals surface area (Å²) in [6, 6.07) is 6.24. The second-order valence-corrected chi connectivity index (χ2v) is 7.13. The van der Waals surface area contributed by atoms with Crippen molar-refractivity contribution in [2.24, 2.45) is 5.92 Å². The van der Waals surface area contributed by atoms with Crippen LogP contribution in [0.4, 0.5) is 0 Å². The Kier molecular flexibility index (Phi) is 4.33. The first-order valence-corrected chi connectivity index (χ1v) is 8.71. The molecule has 124 valence electrons. The standard InChI is InChI=1S/C20H27NO2/c1-4-10-21-11-9-20(13-16(22)5-2)14(3)17(21)12-15-7-6-8-18(23)19(15)20/h4,6-8,14,17,23H,1,5,9-13H2,2-3H3. The zero-order valence-electron chi connectivity index (χ0n) is 14.2. The second-order valence-electron chi connectivity index (χ2n) is 7.13. The topological polar surface area (TPSA) is 40.5 Å². The molecule has 3 atom stereocenters. The van der Waals surface area contributed by atoms with Gasteiger partial charge in [0.25, 0.3) is 0 Å². The summed E-state index contributed by atoms with van der Waals surface area (Å²) in [6.07, 6.45) is 4.95. The van der Waals surface area contributed by atoms with E-state index in [-0.39, 0.29) is 5.41 Å².